The highest BCUT2D eigenvalue weighted by molar-refractivity contribution is 5.83. The smallest absolute Gasteiger partial charge is 0.406 e. The van der Waals surface area contributed by atoms with Gasteiger partial charge in [-0.2, -0.15) is 13.2 Å². The molecular formula is C10H10F3N3O2. The van der Waals surface area contributed by atoms with Crippen molar-refractivity contribution < 1.29 is 22.7 Å². The SMILES string of the molecule is O=C1C(Oc2cncnc2)CCN1CC(F)(F)F. The lowest BCUT2D eigenvalue weighted by Crippen LogP contribution is -2.38. The predicted molar refractivity (Wildman–Crippen MR) is 53.7 cm³/mol. The van der Waals surface area contributed by atoms with Crippen LogP contribution in [0.2, 0.25) is 0 Å². The van der Waals surface area contributed by atoms with Gasteiger partial charge < -0.3 is 9.64 Å². The molecule has 8 heteroatoms. The Morgan fingerprint density at radius 3 is 2.67 bits per heavy atom. The summed E-state index contributed by atoms with van der Waals surface area (Å²) in [5.41, 5.74) is 0. The fraction of sp³-hybridized carbons (Fsp3) is 0.500. The van der Waals surface area contributed by atoms with Gasteiger partial charge in [0.2, 0.25) is 0 Å². The Kier molecular flexibility index (Phi) is 3.35. The zero-order chi connectivity index (χ0) is 13.2. The molecule has 1 fully saturated rings. The highest BCUT2D eigenvalue weighted by Crippen LogP contribution is 2.23. The molecule has 0 spiro atoms. The first-order chi connectivity index (χ1) is 8.46. The highest BCUT2D eigenvalue weighted by Gasteiger charge is 2.40. The Hall–Kier alpha value is -1.86. The molecule has 0 saturated carbocycles. The third kappa shape index (κ3) is 3.08. The van der Waals surface area contributed by atoms with E-state index in [-0.39, 0.29) is 18.7 Å². The average Bonchev–Trinajstić information content (AvgIpc) is 2.61. The van der Waals surface area contributed by atoms with E-state index in [4.69, 9.17) is 4.74 Å². The van der Waals surface area contributed by atoms with E-state index in [1.165, 1.54) is 18.7 Å². The van der Waals surface area contributed by atoms with E-state index in [0.29, 0.717) is 0 Å². The van der Waals surface area contributed by atoms with Gasteiger partial charge in [-0.15, -0.1) is 0 Å². The van der Waals surface area contributed by atoms with Gasteiger partial charge >= 0.3 is 6.18 Å². The van der Waals surface area contributed by atoms with Gasteiger partial charge in [-0.25, -0.2) is 9.97 Å². The van der Waals surface area contributed by atoms with E-state index >= 15 is 0 Å². The first-order valence-electron chi connectivity index (χ1n) is 5.23. The molecule has 1 unspecified atom stereocenters. The molecule has 1 aliphatic heterocycles. The lowest BCUT2D eigenvalue weighted by atomic mass is 10.3. The summed E-state index contributed by atoms with van der Waals surface area (Å²) in [6.07, 6.45) is -1.05. The van der Waals surface area contributed by atoms with Crippen LogP contribution in [0.3, 0.4) is 0 Å². The molecule has 0 aromatic carbocycles. The summed E-state index contributed by atoms with van der Waals surface area (Å²) >= 11 is 0. The van der Waals surface area contributed by atoms with E-state index in [1.54, 1.807) is 0 Å². The normalized spacial score (nSPS) is 20.3. The number of carbonyl (C=O) groups is 1. The van der Waals surface area contributed by atoms with Crippen LogP contribution in [0.4, 0.5) is 13.2 Å². The number of rotatable bonds is 3. The predicted octanol–water partition coefficient (Wildman–Crippen LogP) is 1.02. The second-order valence-corrected chi connectivity index (χ2v) is 3.84. The number of ether oxygens (including phenoxy) is 1. The van der Waals surface area contributed by atoms with Crippen LogP contribution < -0.4 is 4.74 Å². The number of hydrogen-bond acceptors (Lipinski definition) is 4. The molecule has 98 valence electrons. The molecule has 0 N–H and O–H groups in total. The quantitative estimate of drug-likeness (QED) is 0.815. The van der Waals surface area contributed by atoms with Crippen molar-refractivity contribution in [3.05, 3.63) is 18.7 Å². The van der Waals surface area contributed by atoms with Gasteiger partial charge in [0, 0.05) is 13.0 Å². The van der Waals surface area contributed by atoms with Crippen LogP contribution >= 0.6 is 0 Å². The van der Waals surface area contributed by atoms with Crippen LogP contribution in [0.1, 0.15) is 6.42 Å². The number of aromatic nitrogens is 2. The van der Waals surface area contributed by atoms with E-state index in [2.05, 4.69) is 9.97 Å². The molecule has 1 aromatic heterocycles. The van der Waals surface area contributed by atoms with Crippen LogP contribution in [0.25, 0.3) is 0 Å². The molecule has 0 bridgehead atoms. The molecule has 5 nitrogen and oxygen atoms in total. The summed E-state index contributed by atoms with van der Waals surface area (Å²) in [6, 6.07) is 0. The van der Waals surface area contributed by atoms with E-state index < -0.39 is 24.7 Å². The number of alkyl halides is 3. The molecule has 1 atom stereocenters. The number of likely N-dealkylation sites (tertiary alicyclic amines) is 1. The third-order valence-electron chi connectivity index (χ3n) is 2.43. The molecule has 1 amide bonds. The molecule has 1 aromatic rings. The molecule has 2 rings (SSSR count). The van der Waals surface area contributed by atoms with Crippen molar-refractivity contribution in [1.29, 1.82) is 0 Å². The van der Waals surface area contributed by atoms with Gasteiger partial charge in [0.15, 0.2) is 11.9 Å². The van der Waals surface area contributed by atoms with Crippen LogP contribution in [0.15, 0.2) is 18.7 Å². The van der Waals surface area contributed by atoms with Gasteiger partial charge in [0.1, 0.15) is 12.9 Å². The molecule has 1 saturated heterocycles. The highest BCUT2D eigenvalue weighted by atomic mass is 19.4. The topological polar surface area (TPSA) is 55.3 Å². The molecular weight excluding hydrogens is 251 g/mol. The van der Waals surface area contributed by atoms with Crippen molar-refractivity contribution in [2.75, 3.05) is 13.1 Å². The molecule has 2 heterocycles. The summed E-state index contributed by atoms with van der Waals surface area (Å²) in [5.74, 6) is -0.388. The van der Waals surface area contributed by atoms with Gasteiger partial charge in [0.05, 0.1) is 12.4 Å². The lowest BCUT2D eigenvalue weighted by Gasteiger charge is -2.18. The van der Waals surface area contributed by atoms with Crippen molar-refractivity contribution in [2.45, 2.75) is 18.7 Å². The minimum Gasteiger partial charge on any atom is -0.477 e. The second kappa shape index (κ2) is 4.79. The Bertz CT molecular complexity index is 424. The van der Waals surface area contributed by atoms with Crippen molar-refractivity contribution in [3.63, 3.8) is 0 Å². The number of carbonyl (C=O) groups excluding carboxylic acids is 1. The van der Waals surface area contributed by atoms with Crippen molar-refractivity contribution in [2.24, 2.45) is 0 Å². The Labute approximate surface area is 101 Å². The van der Waals surface area contributed by atoms with E-state index in [1.807, 2.05) is 0 Å². The van der Waals surface area contributed by atoms with Crippen molar-refractivity contribution in [1.82, 2.24) is 14.9 Å². The number of nitrogens with zero attached hydrogens (tertiary/aromatic N) is 3. The minimum absolute atomic E-state index is 0.0384. The van der Waals surface area contributed by atoms with Gasteiger partial charge in [0.25, 0.3) is 5.91 Å². The maximum Gasteiger partial charge on any atom is 0.406 e. The van der Waals surface area contributed by atoms with Crippen LogP contribution in [0, 0.1) is 0 Å². The van der Waals surface area contributed by atoms with Gasteiger partial charge in [-0.1, -0.05) is 0 Å². The Morgan fingerprint density at radius 1 is 1.39 bits per heavy atom. The summed E-state index contributed by atoms with van der Waals surface area (Å²) in [6.45, 7) is -1.20. The van der Waals surface area contributed by atoms with Crippen molar-refractivity contribution in [3.8, 4) is 5.75 Å². The second-order valence-electron chi connectivity index (χ2n) is 3.84. The zero-order valence-electron chi connectivity index (χ0n) is 9.22. The van der Waals surface area contributed by atoms with Gasteiger partial charge in [-0.05, 0) is 0 Å². The fourth-order valence-electron chi connectivity index (χ4n) is 1.70. The molecule has 1 aliphatic rings. The van der Waals surface area contributed by atoms with Crippen LogP contribution in [-0.4, -0.2) is 46.1 Å². The number of hydrogen-bond donors (Lipinski definition) is 0. The first kappa shape index (κ1) is 12.6. The lowest BCUT2D eigenvalue weighted by molar-refractivity contribution is -0.159. The molecule has 0 aliphatic carbocycles. The monoisotopic (exact) mass is 261 g/mol. The zero-order valence-corrected chi connectivity index (χ0v) is 9.22. The summed E-state index contributed by atoms with van der Waals surface area (Å²) < 4.78 is 41.8. The standard InChI is InChI=1S/C10H10F3N3O2/c11-10(12,13)5-16-2-1-8(9(16)17)18-7-3-14-6-15-4-7/h3-4,6,8H,1-2,5H2. The summed E-state index contributed by atoms with van der Waals surface area (Å²) in [7, 11) is 0. The first-order valence-corrected chi connectivity index (χ1v) is 5.23. The largest absolute Gasteiger partial charge is 0.477 e. The molecule has 18 heavy (non-hydrogen) atoms. The van der Waals surface area contributed by atoms with E-state index in [0.717, 1.165) is 4.90 Å². The number of halogens is 3. The third-order valence-corrected chi connectivity index (χ3v) is 2.43. The fourth-order valence-corrected chi connectivity index (χ4v) is 1.70. The maximum atomic E-state index is 12.2. The van der Waals surface area contributed by atoms with Crippen LogP contribution in [-0.2, 0) is 4.79 Å². The Balaban J connectivity index is 1.95. The Morgan fingerprint density at radius 2 is 2.06 bits per heavy atom. The summed E-state index contributed by atoms with van der Waals surface area (Å²) in [5, 5.41) is 0. The van der Waals surface area contributed by atoms with E-state index in [9.17, 15) is 18.0 Å². The summed E-state index contributed by atoms with van der Waals surface area (Å²) in [4.78, 5) is 19.8. The average molecular weight is 261 g/mol. The minimum atomic E-state index is -4.39. The van der Waals surface area contributed by atoms with Crippen molar-refractivity contribution >= 4 is 5.91 Å². The maximum absolute atomic E-state index is 12.2. The number of amides is 1. The van der Waals surface area contributed by atoms with Gasteiger partial charge in [-0.3, -0.25) is 4.79 Å². The molecule has 0 radical (unpaired) electrons. The van der Waals surface area contributed by atoms with Crippen LogP contribution in [0.5, 0.6) is 5.75 Å².